The van der Waals surface area contributed by atoms with Gasteiger partial charge in [-0.3, -0.25) is 4.79 Å². The molecule has 0 aliphatic heterocycles. The Morgan fingerprint density at radius 3 is 2.18 bits per heavy atom. The summed E-state index contributed by atoms with van der Waals surface area (Å²) in [4.78, 5) is 12.0. The lowest BCUT2D eigenvalue weighted by molar-refractivity contribution is 0.101. The Hall–Kier alpha value is -0.150. The number of halogens is 2. The molecule has 0 bridgehead atoms. The van der Waals surface area contributed by atoms with E-state index in [0.29, 0.717) is 11.3 Å². The number of rotatable bonds is 4. The molecule has 0 heterocycles. The summed E-state index contributed by atoms with van der Waals surface area (Å²) in [5.74, 6) is 0.0952. The van der Waals surface area contributed by atoms with Crippen molar-refractivity contribution in [2.45, 2.75) is 1.66 Å². The maximum absolute atomic E-state index is 12.0. The van der Waals surface area contributed by atoms with Crippen LogP contribution in [-0.4, -0.2) is 29.2 Å². The number of sulfone groups is 1. The van der Waals surface area contributed by atoms with Crippen molar-refractivity contribution in [1.29, 1.82) is 0 Å². The Balaban J connectivity index is 3.13. The smallest absolute Gasteiger partial charge is 0.238 e. The fourth-order valence-electron chi connectivity index (χ4n) is 1.08. The number of benzene rings is 1. The molecule has 94 valence electrons. The Bertz CT molecular complexity index is 522. The normalized spacial score (nSPS) is 15.1. The van der Waals surface area contributed by atoms with Crippen molar-refractivity contribution in [3.63, 3.8) is 0 Å². The molecule has 0 radical (unpaired) electrons. The molecule has 1 rings (SSSR count). The van der Waals surface area contributed by atoms with E-state index in [1.165, 1.54) is 19.2 Å². The van der Waals surface area contributed by atoms with Crippen molar-refractivity contribution < 1.29 is 17.9 Å². The van der Waals surface area contributed by atoms with Crippen molar-refractivity contribution in [2.24, 2.45) is 0 Å². The quantitative estimate of drug-likeness (QED) is 0.416. The lowest BCUT2D eigenvalue weighted by atomic mass is 10.1. The largest absolute Gasteiger partial charge is 0.497 e. The maximum atomic E-state index is 12.0. The molecule has 1 aromatic carbocycles. The van der Waals surface area contributed by atoms with E-state index >= 15 is 0 Å². The zero-order valence-electron chi connectivity index (χ0n) is 9.11. The van der Waals surface area contributed by atoms with E-state index in [1.807, 2.05) is 0 Å². The fourth-order valence-corrected chi connectivity index (χ4v) is 2.07. The predicted molar refractivity (Wildman–Crippen MR) is 77.8 cm³/mol. The van der Waals surface area contributed by atoms with Crippen LogP contribution in [-0.2, 0) is 9.84 Å². The van der Waals surface area contributed by atoms with Crippen LogP contribution in [0.25, 0.3) is 0 Å². The molecule has 4 nitrogen and oxygen atoms in total. The standard InChI is InChI=1S/C10H10BrIO4S/c1-16-8-5-3-7(4-6-8)9(13)10(11,12)17(2,14)15/h3-6H,1-2H3. The fraction of sp³-hybridized carbons (Fsp3) is 0.300. The van der Waals surface area contributed by atoms with Gasteiger partial charge in [-0.25, -0.2) is 8.42 Å². The highest BCUT2D eigenvalue weighted by atomic mass is 127. The molecule has 0 amide bonds. The Morgan fingerprint density at radius 1 is 1.35 bits per heavy atom. The van der Waals surface area contributed by atoms with Gasteiger partial charge in [0.2, 0.25) is 7.45 Å². The number of methoxy groups -OCH3 is 1. The average Bonchev–Trinajstić information content (AvgIpc) is 2.26. The Labute approximate surface area is 122 Å². The van der Waals surface area contributed by atoms with Crippen molar-refractivity contribution in [2.75, 3.05) is 13.4 Å². The number of carbonyl (C=O) groups is 1. The van der Waals surface area contributed by atoms with Crippen LogP contribution in [0.4, 0.5) is 0 Å². The van der Waals surface area contributed by atoms with Gasteiger partial charge in [0.05, 0.1) is 7.11 Å². The highest BCUT2D eigenvalue weighted by Crippen LogP contribution is 2.36. The minimum Gasteiger partial charge on any atom is -0.497 e. The minimum atomic E-state index is -3.54. The van der Waals surface area contributed by atoms with Gasteiger partial charge in [-0.1, -0.05) is 0 Å². The van der Waals surface area contributed by atoms with Gasteiger partial charge in [0.25, 0.3) is 0 Å². The van der Waals surface area contributed by atoms with E-state index in [1.54, 1.807) is 34.7 Å². The van der Waals surface area contributed by atoms with Crippen molar-refractivity contribution in [3.05, 3.63) is 29.8 Å². The van der Waals surface area contributed by atoms with Gasteiger partial charge >= 0.3 is 0 Å². The highest BCUT2D eigenvalue weighted by Gasteiger charge is 2.43. The van der Waals surface area contributed by atoms with Gasteiger partial charge in [-0.05, 0) is 62.8 Å². The zero-order valence-corrected chi connectivity index (χ0v) is 13.7. The van der Waals surface area contributed by atoms with E-state index in [-0.39, 0.29) is 0 Å². The summed E-state index contributed by atoms with van der Waals surface area (Å²) < 4.78 is 26.3. The molecule has 0 aliphatic carbocycles. The number of ether oxygens (including phenoxy) is 1. The maximum Gasteiger partial charge on any atom is 0.238 e. The number of hydrogen-bond acceptors (Lipinski definition) is 4. The van der Waals surface area contributed by atoms with Crippen LogP contribution in [0.1, 0.15) is 10.4 Å². The van der Waals surface area contributed by atoms with Gasteiger partial charge in [-0.15, -0.1) is 0 Å². The molecule has 0 spiro atoms. The summed E-state index contributed by atoms with van der Waals surface area (Å²) in [5.41, 5.74) is 0.308. The van der Waals surface area contributed by atoms with E-state index in [2.05, 4.69) is 15.9 Å². The summed E-state index contributed by atoms with van der Waals surface area (Å²) in [6, 6.07) is 6.27. The summed E-state index contributed by atoms with van der Waals surface area (Å²) in [6.07, 6.45) is 1.01. The zero-order chi connectivity index (χ0) is 13.3. The second kappa shape index (κ2) is 5.23. The van der Waals surface area contributed by atoms with Crippen LogP contribution in [0.3, 0.4) is 0 Å². The van der Waals surface area contributed by atoms with E-state index in [9.17, 15) is 13.2 Å². The number of hydrogen-bond donors (Lipinski definition) is 0. The summed E-state index contributed by atoms with van der Waals surface area (Å²) in [6.45, 7) is 0. The summed E-state index contributed by atoms with van der Waals surface area (Å²) in [5, 5.41) is 0. The van der Waals surface area contributed by atoms with Crippen LogP contribution in [0.5, 0.6) is 5.75 Å². The molecule has 0 saturated heterocycles. The number of Topliss-reactive ketones (excluding diaryl/α,β-unsaturated/α-hetero) is 1. The van der Waals surface area contributed by atoms with E-state index in [4.69, 9.17) is 4.74 Å². The molecule has 1 atom stereocenters. The lowest BCUT2D eigenvalue weighted by Crippen LogP contribution is -2.33. The molecule has 0 aromatic heterocycles. The van der Waals surface area contributed by atoms with Crippen molar-refractivity contribution in [3.8, 4) is 5.75 Å². The van der Waals surface area contributed by atoms with E-state index in [0.717, 1.165) is 6.26 Å². The third kappa shape index (κ3) is 3.19. The molecule has 0 aliphatic rings. The van der Waals surface area contributed by atoms with Crippen LogP contribution < -0.4 is 4.74 Å². The molecule has 17 heavy (non-hydrogen) atoms. The second-order valence-electron chi connectivity index (χ2n) is 3.35. The highest BCUT2D eigenvalue weighted by molar-refractivity contribution is 14.1. The molecule has 0 N–H and O–H groups in total. The van der Waals surface area contributed by atoms with Gasteiger partial charge in [0.15, 0.2) is 9.84 Å². The molecule has 1 unspecified atom stereocenters. The van der Waals surface area contributed by atoms with Gasteiger partial charge in [0.1, 0.15) is 5.75 Å². The van der Waals surface area contributed by atoms with Crippen LogP contribution in [0, 0.1) is 0 Å². The second-order valence-corrected chi connectivity index (χ2v) is 11.1. The SMILES string of the molecule is COc1ccc(C(=O)C(Br)(I)S(C)(=O)=O)cc1. The number of ketones is 1. The lowest BCUT2D eigenvalue weighted by Gasteiger charge is -2.16. The van der Waals surface area contributed by atoms with Crippen molar-refractivity contribution >= 4 is 54.1 Å². The first-order valence-corrected chi connectivity index (χ1v) is 8.22. The molecular weight excluding hydrogens is 423 g/mol. The third-order valence-electron chi connectivity index (χ3n) is 2.08. The van der Waals surface area contributed by atoms with Crippen LogP contribution in [0.15, 0.2) is 24.3 Å². The van der Waals surface area contributed by atoms with Gasteiger partial charge in [-0.2, -0.15) is 0 Å². The number of alkyl halides is 2. The number of carbonyl (C=O) groups excluding carboxylic acids is 1. The van der Waals surface area contributed by atoms with E-state index < -0.39 is 17.3 Å². The first-order chi connectivity index (χ1) is 7.70. The molecule has 0 saturated carbocycles. The van der Waals surface area contributed by atoms with Gasteiger partial charge < -0.3 is 4.74 Å². The summed E-state index contributed by atoms with van der Waals surface area (Å²) >= 11 is 4.54. The minimum absolute atomic E-state index is 0.308. The molecular formula is C10H10BrIO4S. The molecule has 0 fully saturated rings. The summed E-state index contributed by atoms with van der Waals surface area (Å²) in [7, 11) is -2.03. The van der Waals surface area contributed by atoms with Crippen molar-refractivity contribution in [1.82, 2.24) is 0 Å². The van der Waals surface area contributed by atoms with Gasteiger partial charge in [0, 0.05) is 11.8 Å². The molecule has 7 heteroatoms. The molecule has 1 aromatic rings. The predicted octanol–water partition coefficient (Wildman–Crippen LogP) is 2.41. The van der Waals surface area contributed by atoms with Crippen LogP contribution in [0.2, 0.25) is 0 Å². The third-order valence-corrected chi connectivity index (χ3v) is 8.21. The first-order valence-electron chi connectivity index (χ1n) is 4.46. The Morgan fingerprint density at radius 2 is 1.82 bits per heavy atom. The monoisotopic (exact) mass is 432 g/mol. The van der Waals surface area contributed by atoms with Crippen LogP contribution >= 0.6 is 38.5 Å². The Kier molecular flexibility index (Phi) is 4.59. The average molecular weight is 433 g/mol. The topological polar surface area (TPSA) is 60.4 Å². The first kappa shape index (κ1) is 14.9.